The van der Waals surface area contributed by atoms with E-state index in [0.717, 1.165) is 32.6 Å². The van der Waals surface area contributed by atoms with Gasteiger partial charge in [-0.25, -0.2) is 0 Å². The summed E-state index contributed by atoms with van der Waals surface area (Å²) in [6.45, 7) is 12.4. The van der Waals surface area contributed by atoms with Crippen LogP contribution in [0.4, 0.5) is 0 Å². The lowest BCUT2D eigenvalue weighted by Gasteiger charge is -2.29. The number of carbonyl (C=O) groups excluding carboxylic acids is 2. The maximum Gasteiger partial charge on any atom is 0.225 e. The van der Waals surface area contributed by atoms with Gasteiger partial charge in [0, 0.05) is 51.1 Å². The summed E-state index contributed by atoms with van der Waals surface area (Å²) in [5.41, 5.74) is 0. The molecular weight excluding hydrogens is 316 g/mol. The number of hydrogen-bond donors (Lipinski definition) is 0. The Balaban J connectivity index is 4.69. The molecular formula is C19H40N4O2. The zero-order chi connectivity index (χ0) is 19.6. The Kier molecular flexibility index (Phi) is 11.7. The molecule has 2 amide bonds. The molecule has 0 fully saturated rings. The van der Waals surface area contributed by atoms with Gasteiger partial charge < -0.3 is 19.6 Å². The van der Waals surface area contributed by atoms with E-state index < -0.39 is 0 Å². The summed E-state index contributed by atoms with van der Waals surface area (Å²) < 4.78 is 0. The molecule has 0 aliphatic heterocycles. The maximum absolute atomic E-state index is 12.4. The van der Waals surface area contributed by atoms with Crippen LogP contribution in [0.3, 0.4) is 0 Å². The zero-order valence-electron chi connectivity index (χ0n) is 17.7. The monoisotopic (exact) mass is 356 g/mol. The molecule has 0 saturated carbocycles. The van der Waals surface area contributed by atoms with E-state index in [1.165, 1.54) is 0 Å². The Morgan fingerprint density at radius 1 is 0.600 bits per heavy atom. The molecule has 0 rings (SSSR count). The Labute approximate surface area is 155 Å². The van der Waals surface area contributed by atoms with Crippen LogP contribution in [0.25, 0.3) is 0 Å². The number of hydrogen-bond acceptors (Lipinski definition) is 4. The van der Waals surface area contributed by atoms with E-state index in [0.29, 0.717) is 13.1 Å². The molecule has 0 atom stereocenters. The molecule has 0 aliphatic rings. The number of nitrogens with zero attached hydrogens (tertiary/aromatic N) is 4. The lowest BCUT2D eigenvalue weighted by molar-refractivity contribution is -0.135. The summed E-state index contributed by atoms with van der Waals surface area (Å²) in [7, 11) is 8.06. The number of carbonyl (C=O) groups is 2. The van der Waals surface area contributed by atoms with Crippen molar-refractivity contribution in [1.82, 2.24) is 19.6 Å². The van der Waals surface area contributed by atoms with Crippen LogP contribution < -0.4 is 0 Å². The smallest absolute Gasteiger partial charge is 0.225 e. The van der Waals surface area contributed by atoms with Crippen LogP contribution >= 0.6 is 0 Å². The predicted molar refractivity (Wildman–Crippen MR) is 105 cm³/mol. The first-order chi connectivity index (χ1) is 11.6. The predicted octanol–water partition coefficient (Wildman–Crippen LogP) is 1.47. The summed E-state index contributed by atoms with van der Waals surface area (Å²) in [5, 5.41) is 0. The minimum atomic E-state index is 0.00398. The molecule has 148 valence electrons. The van der Waals surface area contributed by atoms with Gasteiger partial charge in [-0.3, -0.25) is 9.59 Å². The third kappa shape index (κ3) is 10.4. The minimum Gasteiger partial charge on any atom is -0.341 e. The molecule has 0 bridgehead atoms. The molecule has 0 saturated heterocycles. The van der Waals surface area contributed by atoms with E-state index in [4.69, 9.17) is 0 Å². The van der Waals surface area contributed by atoms with Gasteiger partial charge in [-0.1, -0.05) is 27.7 Å². The lowest BCUT2D eigenvalue weighted by atomic mass is 10.1. The summed E-state index contributed by atoms with van der Waals surface area (Å²) in [4.78, 5) is 32.9. The average molecular weight is 357 g/mol. The number of rotatable bonds is 12. The molecule has 0 aromatic heterocycles. The van der Waals surface area contributed by atoms with E-state index >= 15 is 0 Å². The van der Waals surface area contributed by atoms with Crippen molar-refractivity contribution in [3.05, 3.63) is 0 Å². The van der Waals surface area contributed by atoms with E-state index in [-0.39, 0.29) is 23.7 Å². The first-order valence-corrected chi connectivity index (χ1v) is 9.43. The fourth-order valence-corrected chi connectivity index (χ4v) is 2.49. The fraction of sp³-hybridized carbons (Fsp3) is 0.895. The number of amides is 2. The van der Waals surface area contributed by atoms with Crippen molar-refractivity contribution in [3.63, 3.8) is 0 Å². The Morgan fingerprint density at radius 2 is 0.920 bits per heavy atom. The van der Waals surface area contributed by atoms with E-state index in [1.807, 2.05) is 65.7 Å². The topological polar surface area (TPSA) is 47.1 Å². The van der Waals surface area contributed by atoms with Gasteiger partial charge in [0.2, 0.25) is 11.8 Å². The maximum atomic E-state index is 12.4. The molecule has 0 aliphatic carbocycles. The van der Waals surface area contributed by atoms with Crippen molar-refractivity contribution in [2.75, 3.05) is 67.5 Å². The van der Waals surface area contributed by atoms with Gasteiger partial charge in [-0.2, -0.15) is 0 Å². The third-order valence-electron chi connectivity index (χ3n) is 4.10. The van der Waals surface area contributed by atoms with Crippen molar-refractivity contribution < 1.29 is 9.59 Å². The molecule has 25 heavy (non-hydrogen) atoms. The number of likely N-dealkylation sites (N-methyl/N-ethyl adjacent to an activating group) is 2. The van der Waals surface area contributed by atoms with Crippen molar-refractivity contribution in [3.8, 4) is 0 Å². The minimum absolute atomic E-state index is 0.00398. The Bertz CT molecular complexity index is 359. The van der Waals surface area contributed by atoms with Gasteiger partial charge in [0.15, 0.2) is 0 Å². The van der Waals surface area contributed by atoms with Crippen LogP contribution in [0.2, 0.25) is 0 Å². The highest BCUT2D eigenvalue weighted by atomic mass is 16.2. The van der Waals surface area contributed by atoms with Gasteiger partial charge in [-0.05, 0) is 34.6 Å². The molecule has 0 unspecified atom stereocenters. The standard InChI is InChI=1S/C19H40N4O2/c1-16(2)18(24)22(14-12-20(5)6)10-9-11-23(15-13-21(7)8)19(25)17(3)4/h16-17H,9-15H2,1-8H3. The lowest BCUT2D eigenvalue weighted by Crippen LogP contribution is -2.43. The largest absolute Gasteiger partial charge is 0.341 e. The summed E-state index contributed by atoms with van der Waals surface area (Å²) >= 11 is 0. The second kappa shape index (κ2) is 12.3. The van der Waals surface area contributed by atoms with Crippen molar-refractivity contribution >= 4 is 11.8 Å². The van der Waals surface area contributed by atoms with Crippen molar-refractivity contribution in [1.29, 1.82) is 0 Å². The van der Waals surface area contributed by atoms with Gasteiger partial charge in [0.05, 0.1) is 0 Å². The summed E-state index contributed by atoms with van der Waals surface area (Å²) in [5.74, 6) is 0.391. The van der Waals surface area contributed by atoms with Crippen molar-refractivity contribution in [2.45, 2.75) is 34.1 Å². The molecule has 0 N–H and O–H groups in total. The van der Waals surface area contributed by atoms with E-state index in [2.05, 4.69) is 9.80 Å². The van der Waals surface area contributed by atoms with Gasteiger partial charge in [0.1, 0.15) is 0 Å². The summed E-state index contributed by atoms with van der Waals surface area (Å²) in [6.07, 6.45) is 0.817. The summed E-state index contributed by atoms with van der Waals surface area (Å²) in [6, 6.07) is 0. The zero-order valence-corrected chi connectivity index (χ0v) is 17.7. The van der Waals surface area contributed by atoms with Gasteiger partial charge in [-0.15, -0.1) is 0 Å². The highest BCUT2D eigenvalue weighted by Gasteiger charge is 2.20. The molecule has 0 aromatic rings. The highest BCUT2D eigenvalue weighted by Crippen LogP contribution is 2.06. The molecule has 0 heterocycles. The van der Waals surface area contributed by atoms with Gasteiger partial charge >= 0.3 is 0 Å². The fourth-order valence-electron chi connectivity index (χ4n) is 2.49. The van der Waals surface area contributed by atoms with Crippen LogP contribution in [0.5, 0.6) is 0 Å². The first-order valence-electron chi connectivity index (χ1n) is 9.43. The van der Waals surface area contributed by atoms with Crippen LogP contribution in [0.15, 0.2) is 0 Å². The normalized spacial score (nSPS) is 11.7. The second-order valence-corrected chi connectivity index (χ2v) is 7.92. The Morgan fingerprint density at radius 3 is 1.16 bits per heavy atom. The van der Waals surface area contributed by atoms with Crippen LogP contribution in [-0.4, -0.2) is 98.9 Å². The Hall–Kier alpha value is -1.14. The molecule has 6 nitrogen and oxygen atoms in total. The first kappa shape index (κ1) is 23.9. The van der Waals surface area contributed by atoms with E-state index in [1.54, 1.807) is 0 Å². The molecule has 6 heteroatoms. The SMILES string of the molecule is CC(C)C(=O)N(CCCN(CCN(C)C)C(=O)C(C)C)CCN(C)C. The second-order valence-electron chi connectivity index (χ2n) is 7.92. The third-order valence-corrected chi connectivity index (χ3v) is 4.10. The quantitative estimate of drug-likeness (QED) is 0.531. The average Bonchev–Trinajstić information content (AvgIpc) is 2.51. The van der Waals surface area contributed by atoms with Gasteiger partial charge in [0.25, 0.3) is 0 Å². The van der Waals surface area contributed by atoms with Crippen LogP contribution in [0.1, 0.15) is 34.1 Å². The van der Waals surface area contributed by atoms with Crippen LogP contribution in [-0.2, 0) is 9.59 Å². The molecule has 0 spiro atoms. The highest BCUT2D eigenvalue weighted by molar-refractivity contribution is 5.78. The van der Waals surface area contributed by atoms with Crippen LogP contribution in [0, 0.1) is 11.8 Å². The molecule has 0 radical (unpaired) electrons. The van der Waals surface area contributed by atoms with Crippen molar-refractivity contribution in [2.24, 2.45) is 11.8 Å². The molecule has 0 aromatic carbocycles. The van der Waals surface area contributed by atoms with E-state index in [9.17, 15) is 9.59 Å².